The van der Waals surface area contributed by atoms with E-state index < -0.39 is 0 Å². The molecular weight excluding hydrogens is 268 g/mol. The Balaban J connectivity index is 1.91. The van der Waals surface area contributed by atoms with Gasteiger partial charge in [-0.1, -0.05) is 18.2 Å². The zero-order chi connectivity index (χ0) is 15.1. The van der Waals surface area contributed by atoms with E-state index in [0.717, 1.165) is 17.0 Å². The van der Waals surface area contributed by atoms with Crippen molar-refractivity contribution in [3.63, 3.8) is 0 Å². The van der Waals surface area contributed by atoms with Crippen LogP contribution < -0.4 is 10.1 Å². The Hall–Kier alpha value is -2.56. The third-order valence-electron chi connectivity index (χ3n) is 3.08. The van der Waals surface area contributed by atoms with Crippen LogP contribution in [0.15, 0.2) is 48.5 Å². The minimum atomic E-state index is -0.341. The highest BCUT2D eigenvalue weighted by Gasteiger charge is 2.11. The highest BCUT2D eigenvalue weighted by Crippen LogP contribution is 2.19. The van der Waals surface area contributed by atoms with E-state index in [1.54, 1.807) is 12.1 Å². The fourth-order valence-corrected chi connectivity index (χ4v) is 2.08. The van der Waals surface area contributed by atoms with Crippen LogP contribution in [-0.2, 0) is 6.42 Å². The first kappa shape index (κ1) is 14.8. The molecule has 1 N–H and O–H groups in total. The van der Waals surface area contributed by atoms with Crippen molar-refractivity contribution >= 4 is 11.4 Å². The molecule has 21 heavy (non-hydrogen) atoms. The minimum absolute atomic E-state index is 0.172. The van der Waals surface area contributed by atoms with E-state index in [0.29, 0.717) is 19.6 Å². The van der Waals surface area contributed by atoms with Crippen LogP contribution in [0.25, 0.3) is 0 Å². The van der Waals surface area contributed by atoms with Gasteiger partial charge in [0, 0.05) is 23.9 Å². The fourth-order valence-electron chi connectivity index (χ4n) is 2.08. The number of nitrogens with one attached hydrogen (secondary N) is 1. The molecule has 0 spiro atoms. The Morgan fingerprint density at radius 2 is 1.86 bits per heavy atom. The van der Waals surface area contributed by atoms with Gasteiger partial charge in [0.2, 0.25) is 0 Å². The van der Waals surface area contributed by atoms with Gasteiger partial charge in [0.1, 0.15) is 5.75 Å². The summed E-state index contributed by atoms with van der Waals surface area (Å²) in [5.74, 6) is 0.835. The summed E-state index contributed by atoms with van der Waals surface area (Å²) in [5, 5.41) is 14.2. The van der Waals surface area contributed by atoms with Crippen LogP contribution in [0.5, 0.6) is 5.75 Å². The molecule has 0 heterocycles. The van der Waals surface area contributed by atoms with Gasteiger partial charge in [0.15, 0.2) is 0 Å². The predicted octanol–water partition coefficient (Wildman–Crippen LogP) is 3.65. The second kappa shape index (κ2) is 7.28. The number of anilines is 1. The zero-order valence-electron chi connectivity index (χ0n) is 11.9. The van der Waals surface area contributed by atoms with E-state index in [1.165, 1.54) is 6.07 Å². The van der Waals surface area contributed by atoms with Crippen LogP contribution in [0.3, 0.4) is 0 Å². The van der Waals surface area contributed by atoms with Crippen LogP contribution in [0.1, 0.15) is 12.5 Å². The van der Waals surface area contributed by atoms with Gasteiger partial charge in [-0.05, 0) is 37.6 Å². The first-order chi connectivity index (χ1) is 10.2. The van der Waals surface area contributed by atoms with Crippen molar-refractivity contribution < 1.29 is 9.66 Å². The standard InChI is InChI=1S/C16H18N2O3/c1-2-21-15-9-7-14(8-10-15)17-12-11-13-5-3-4-6-16(13)18(19)20/h3-10,17H,2,11-12H2,1H3. The van der Waals surface area contributed by atoms with Crippen molar-refractivity contribution in [2.45, 2.75) is 13.3 Å². The number of nitrogens with zero attached hydrogens (tertiary/aromatic N) is 1. The quantitative estimate of drug-likeness (QED) is 0.623. The molecule has 0 aromatic heterocycles. The van der Waals surface area contributed by atoms with Crippen LogP contribution >= 0.6 is 0 Å². The largest absolute Gasteiger partial charge is 0.494 e. The van der Waals surface area contributed by atoms with E-state index in [4.69, 9.17) is 4.74 Å². The van der Waals surface area contributed by atoms with Crippen molar-refractivity contribution in [3.05, 3.63) is 64.2 Å². The number of para-hydroxylation sites is 1. The smallest absolute Gasteiger partial charge is 0.272 e. The SMILES string of the molecule is CCOc1ccc(NCCc2ccccc2[N+](=O)[O-])cc1. The molecule has 0 fully saturated rings. The van der Waals surface area contributed by atoms with Gasteiger partial charge in [-0.15, -0.1) is 0 Å². The molecule has 5 nitrogen and oxygen atoms in total. The summed E-state index contributed by atoms with van der Waals surface area (Å²) in [6.45, 7) is 3.22. The lowest BCUT2D eigenvalue weighted by molar-refractivity contribution is -0.385. The lowest BCUT2D eigenvalue weighted by Crippen LogP contribution is -2.06. The van der Waals surface area contributed by atoms with Gasteiger partial charge in [-0.3, -0.25) is 10.1 Å². The molecule has 5 heteroatoms. The molecule has 0 aliphatic rings. The average molecular weight is 286 g/mol. The lowest BCUT2D eigenvalue weighted by Gasteiger charge is -2.08. The maximum atomic E-state index is 10.9. The summed E-state index contributed by atoms with van der Waals surface area (Å²) in [6, 6.07) is 14.5. The molecule has 2 aromatic rings. The molecule has 0 aliphatic carbocycles. The Bertz CT molecular complexity index is 597. The van der Waals surface area contributed by atoms with Crippen molar-refractivity contribution in [1.29, 1.82) is 0 Å². The third-order valence-corrected chi connectivity index (χ3v) is 3.08. The number of benzene rings is 2. The molecule has 0 unspecified atom stereocenters. The lowest BCUT2D eigenvalue weighted by atomic mass is 10.1. The second-order valence-corrected chi connectivity index (χ2v) is 4.52. The maximum absolute atomic E-state index is 10.9. The summed E-state index contributed by atoms with van der Waals surface area (Å²) in [4.78, 5) is 10.6. The van der Waals surface area contributed by atoms with E-state index in [2.05, 4.69) is 5.32 Å². The summed E-state index contributed by atoms with van der Waals surface area (Å²) in [5.41, 5.74) is 1.88. The first-order valence-electron chi connectivity index (χ1n) is 6.89. The van der Waals surface area contributed by atoms with Gasteiger partial charge in [-0.2, -0.15) is 0 Å². The molecule has 110 valence electrons. The molecule has 0 radical (unpaired) electrons. The minimum Gasteiger partial charge on any atom is -0.494 e. The summed E-state index contributed by atoms with van der Waals surface area (Å²) in [7, 11) is 0. The van der Waals surface area contributed by atoms with Crippen molar-refractivity contribution in [2.75, 3.05) is 18.5 Å². The number of hydrogen-bond acceptors (Lipinski definition) is 4. The number of rotatable bonds is 7. The molecule has 0 saturated heterocycles. The molecular formula is C16H18N2O3. The molecule has 0 saturated carbocycles. The number of hydrogen-bond donors (Lipinski definition) is 1. The summed E-state index contributed by atoms with van der Waals surface area (Å²) in [6.07, 6.45) is 0.602. The Labute approximate surface area is 123 Å². The van der Waals surface area contributed by atoms with Gasteiger partial charge in [0.25, 0.3) is 5.69 Å². The fraction of sp³-hybridized carbons (Fsp3) is 0.250. The monoisotopic (exact) mass is 286 g/mol. The van der Waals surface area contributed by atoms with Crippen LogP contribution in [-0.4, -0.2) is 18.1 Å². The van der Waals surface area contributed by atoms with Gasteiger partial charge in [0.05, 0.1) is 11.5 Å². The molecule has 0 atom stereocenters. The Kier molecular flexibility index (Phi) is 5.15. The van der Waals surface area contributed by atoms with Crippen molar-refractivity contribution in [3.8, 4) is 5.75 Å². The molecule has 0 amide bonds. The van der Waals surface area contributed by atoms with E-state index in [1.807, 2.05) is 37.3 Å². The molecule has 0 bridgehead atoms. The Morgan fingerprint density at radius 3 is 2.52 bits per heavy atom. The maximum Gasteiger partial charge on any atom is 0.272 e. The number of ether oxygens (including phenoxy) is 1. The molecule has 2 aromatic carbocycles. The predicted molar refractivity (Wildman–Crippen MR) is 82.9 cm³/mol. The summed E-state index contributed by atoms with van der Waals surface area (Å²) < 4.78 is 5.37. The van der Waals surface area contributed by atoms with E-state index in [-0.39, 0.29) is 10.6 Å². The third kappa shape index (κ3) is 4.21. The van der Waals surface area contributed by atoms with E-state index >= 15 is 0 Å². The summed E-state index contributed by atoms with van der Waals surface area (Å²) >= 11 is 0. The van der Waals surface area contributed by atoms with Crippen LogP contribution in [0, 0.1) is 10.1 Å². The van der Waals surface area contributed by atoms with Crippen molar-refractivity contribution in [2.24, 2.45) is 0 Å². The van der Waals surface area contributed by atoms with E-state index in [9.17, 15) is 10.1 Å². The van der Waals surface area contributed by atoms with Crippen molar-refractivity contribution in [1.82, 2.24) is 0 Å². The molecule has 2 rings (SSSR count). The zero-order valence-corrected chi connectivity index (χ0v) is 11.9. The van der Waals surface area contributed by atoms with Gasteiger partial charge in [-0.25, -0.2) is 0 Å². The Morgan fingerprint density at radius 1 is 1.14 bits per heavy atom. The first-order valence-corrected chi connectivity index (χ1v) is 6.89. The highest BCUT2D eigenvalue weighted by molar-refractivity contribution is 5.47. The molecule has 0 aliphatic heterocycles. The number of nitro groups is 1. The normalized spacial score (nSPS) is 10.1. The van der Waals surface area contributed by atoms with Crippen LogP contribution in [0.4, 0.5) is 11.4 Å². The van der Waals surface area contributed by atoms with Crippen LogP contribution in [0.2, 0.25) is 0 Å². The van der Waals surface area contributed by atoms with Gasteiger partial charge >= 0.3 is 0 Å². The number of nitro benzene ring substituents is 1. The van der Waals surface area contributed by atoms with Gasteiger partial charge < -0.3 is 10.1 Å². The average Bonchev–Trinajstić information content (AvgIpc) is 2.50. The highest BCUT2D eigenvalue weighted by atomic mass is 16.6. The topological polar surface area (TPSA) is 64.4 Å². The second-order valence-electron chi connectivity index (χ2n) is 4.52.